The van der Waals surface area contributed by atoms with Crippen molar-refractivity contribution in [2.75, 3.05) is 0 Å². The van der Waals surface area contributed by atoms with Crippen molar-refractivity contribution in [3.8, 4) is 0 Å². The van der Waals surface area contributed by atoms with Crippen LogP contribution in [0.3, 0.4) is 0 Å². The number of halogens is 2. The zero-order valence-corrected chi connectivity index (χ0v) is 19.1. The van der Waals surface area contributed by atoms with Crippen molar-refractivity contribution < 1.29 is 19.1 Å². The zero-order valence-electron chi connectivity index (χ0n) is 15.9. The lowest BCUT2D eigenvalue weighted by atomic mass is 10.1. The Balaban J connectivity index is 3.13. The van der Waals surface area contributed by atoms with Gasteiger partial charge in [0.05, 0.1) is 11.1 Å². The number of hydrogen-bond donors (Lipinski definition) is 0. The molecular weight excluding hydrogens is 464 g/mol. The molecule has 0 spiro atoms. The van der Waals surface area contributed by atoms with Crippen LogP contribution in [0.4, 0.5) is 0 Å². The van der Waals surface area contributed by atoms with Crippen LogP contribution < -0.4 is 0 Å². The molecule has 146 valence electrons. The summed E-state index contributed by atoms with van der Waals surface area (Å²) in [5.74, 6) is -0.983. The van der Waals surface area contributed by atoms with Gasteiger partial charge in [-0.05, 0) is 69.7 Å². The predicted octanol–water partition coefficient (Wildman–Crippen LogP) is 6.68. The van der Waals surface area contributed by atoms with Crippen LogP contribution in [0.1, 0.15) is 86.9 Å². The van der Waals surface area contributed by atoms with Crippen LogP contribution in [0.2, 0.25) is 0 Å². The van der Waals surface area contributed by atoms with Crippen LogP contribution in [-0.4, -0.2) is 24.1 Å². The molecule has 0 aliphatic carbocycles. The Bertz CT molecular complexity index is 563. The number of esters is 2. The van der Waals surface area contributed by atoms with Crippen LogP contribution >= 0.6 is 31.9 Å². The summed E-state index contributed by atoms with van der Waals surface area (Å²) in [7, 11) is 0. The fourth-order valence-electron chi connectivity index (χ4n) is 2.65. The zero-order chi connectivity index (χ0) is 19.7. The Labute approximate surface area is 173 Å². The number of rotatable bonds is 10. The molecule has 4 nitrogen and oxygen atoms in total. The Kier molecular flexibility index (Phi) is 10.5. The standard InChI is InChI=1S/C20H28Br2O4/c1-5-9-13(7-3)25-19(23)15-11-17(21)18(22)12-16(15)20(24)26-14(8-4)10-6-2/h11-14H,5-10H2,1-4H3. The maximum Gasteiger partial charge on any atom is 0.339 e. The van der Waals surface area contributed by atoms with Gasteiger partial charge in [-0.1, -0.05) is 40.5 Å². The Hall–Kier alpha value is -0.880. The van der Waals surface area contributed by atoms with Crippen LogP contribution in [0, 0.1) is 0 Å². The molecular formula is C20H28Br2O4. The van der Waals surface area contributed by atoms with Crippen molar-refractivity contribution in [1.29, 1.82) is 0 Å². The lowest BCUT2D eigenvalue weighted by molar-refractivity contribution is 0.0223. The summed E-state index contributed by atoms with van der Waals surface area (Å²) in [6.45, 7) is 8.07. The maximum absolute atomic E-state index is 12.7. The summed E-state index contributed by atoms with van der Waals surface area (Å²) in [6, 6.07) is 3.23. The second kappa shape index (κ2) is 11.8. The molecule has 1 aromatic rings. The van der Waals surface area contributed by atoms with E-state index in [0.717, 1.165) is 38.5 Å². The van der Waals surface area contributed by atoms with Gasteiger partial charge in [0.2, 0.25) is 0 Å². The molecule has 1 aromatic carbocycles. The number of hydrogen-bond acceptors (Lipinski definition) is 4. The van der Waals surface area contributed by atoms with Crippen LogP contribution in [0.25, 0.3) is 0 Å². The number of benzene rings is 1. The monoisotopic (exact) mass is 490 g/mol. The van der Waals surface area contributed by atoms with Gasteiger partial charge in [0.1, 0.15) is 12.2 Å². The first-order valence-electron chi connectivity index (χ1n) is 9.28. The Morgan fingerprint density at radius 3 is 1.42 bits per heavy atom. The molecule has 2 unspecified atom stereocenters. The van der Waals surface area contributed by atoms with E-state index in [0.29, 0.717) is 8.95 Å². The first-order chi connectivity index (χ1) is 12.4. The fourth-order valence-corrected chi connectivity index (χ4v) is 3.34. The Morgan fingerprint density at radius 1 is 0.808 bits per heavy atom. The molecule has 2 atom stereocenters. The van der Waals surface area contributed by atoms with Gasteiger partial charge in [-0.25, -0.2) is 9.59 Å². The summed E-state index contributed by atoms with van der Waals surface area (Å²) in [5, 5.41) is 0. The molecule has 0 aromatic heterocycles. The third kappa shape index (κ3) is 6.69. The largest absolute Gasteiger partial charge is 0.459 e. The molecule has 6 heteroatoms. The maximum atomic E-state index is 12.7. The van der Waals surface area contributed by atoms with Gasteiger partial charge in [-0.2, -0.15) is 0 Å². The normalized spacial score (nSPS) is 13.2. The van der Waals surface area contributed by atoms with Gasteiger partial charge in [0, 0.05) is 8.95 Å². The van der Waals surface area contributed by atoms with Crippen molar-refractivity contribution in [3.05, 3.63) is 32.2 Å². The predicted molar refractivity (Wildman–Crippen MR) is 111 cm³/mol. The highest BCUT2D eigenvalue weighted by Gasteiger charge is 2.25. The summed E-state index contributed by atoms with van der Waals surface area (Å²) >= 11 is 6.79. The number of carbonyl (C=O) groups excluding carboxylic acids is 2. The van der Waals surface area contributed by atoms with Crippen LogP contribution in [0.15, 0.2) is 21.1 Å². The summed E-state index contributed by atoms with van der Waals surface area (Å²) in [4.78, 5) is 25.4. The molecule has 0 bridgehead atoms. The topological polar surface area (TPSA) is 52.6 Å². The molecule has 0 fully saturated rings. The SMILES string of the molecule is CCCC(CC)OC(=O)c1cc(Br)c(Br)cc1C(=O)OC(CC)CCC. The molecule has 26 heavy (non-hydrogen) atoms. The first-order valence-corrected chi connectivity index (χ1v) is 10.9. The number of carbonyl (C=O) groups is 2. The lowest BCUT2D eigenvalue weighted by Gasteiger charge is -2.19. The second-order valence-corrected chi connectivity index (χ2v) is 7.97. The van der Waals surface area contributed by atoms with E-state index in [4.69, 9.17) is 9.47 Å². The van der Waals surface area contributed by atoms with Crippen molar-refractivity contribution >= 4 is 43.8 Å². The van der Waals surface area contributed by atoms with E-state index in [1.165, 1.54) is 0 Å². The van der Waals surface area contributed by atoms with E-state index in [1.807, 2.05) is 27.7 Å². The van der Waals surface area contributed by atoms with E-state index in [2.05, 4.69) is 31.9 Å². The van der Waals surface area contributed by atoms with Gasteiger partial charge >= 0.3 is 11.9 Å². The smallest absolute Gasteiger partial charge is 0.339 e. The van der Waals surface area contributed by atoms with E-state index in [9.17, 15) is 9.59 Å². The van der Waals surface area contributed by atoms with Crippen molar-refractivity contribution in [1.82, 2.24) is 0 Å². The molecule has 0 saturated carbocycles. The Morgan fingerprint density at radius 2 is 1.15 bits per heavy atom. The summed E-state index contributed by atoms with van der Waals surface area (Å²) in [5.41, 5.74) is 0.456. The minimum Gasteiger partial charge on any atom is -0.459 e. The van der Waals surface area contributed by atoms with Gasteiger partial charge < -0.3 is 9.47 Å². The van der Waals surface area contributed by atoms with Gasteiger partial charge in [-0.3, -0.25) is 0 Å². The average molecular weight is 492 g/mol. The minimum atomic E-state index is -0.492. The minimum absolute atomic E-state index is 0.151. The van der Waals surface area contributed by atoms with Crippen molar-refractivity contribution in [3.63, 3.8) is 0 Å². The molecule has 0 amide bonds. The molecule has 1 rings (SSSR count). The molecule has 0 saturated heterocycles. The number of ether oxygens (including phenoxy) is 2. The van der Waals surface area contributed by atoms with Crippen LogP contribution in [0.5, 0.6) is 0 Å². The quantitative estimate of drug-likeness (QED) is 0.342. The molecule has 0 heterocycles. The van der Waals surface area contributed by atoms with Gasteiger partial charge in [-0.15, -0.1) is 0 Å². The molecule has 0 aliphatic heterocycles. The van der Waals surface area contributed by atoms with Gasteiger partial charge in [0.15, 0.2) is 0 Å². The third-order valence-corrected chi connectivity index (χ3v) is 6.02. The summed E-state index contributed by atoms with van der Waals surface area (Å²) < 4.78 is 12.6. The van der Waals surface area contributed by atoms with Crippen molar-refractivity contribution in [2.24, 2.45) is 0 Å². The van der Waals surface area contributed by atoms with Crippen molar-refractivity contribution in [2.45, 2.75) is 78.4 Å². The highest BCUT2D eigenvalue weighted by Crippen LogP contribution is 2.29. The summed E-state index contributed by atoms with van der Waals surface area (Å²) in [6.07, 6.45) is 4.64. The third-order valence-electron chi connectivity index (χ3n) is 4.18. The molecule has 0 aliphatic rings. The van der Waals surface area contributed by atoms with E-state index < -0.39 is 11.9 Å². The lowest BCUT2D eigenvalue weighted by Crippen LogP contribution is -2.22. The van der Waals surface area contributed by atoms with E-state index >= 15 is 0 Å². The van der Waals surface area contributed by atoms with Crippen LogP contribution in [-0.2, 0) is 9.47 Å². The van der Waals surface area contributed by atoms with E-state index in [-0.39, 0.29) is 23.3 Å². The molecule has 0 N–H and O–H groups in total. The first kappa shape index (κ1) is 23.2. The average Bonchev–Trinajstić information content (AvgIpc) is 2.62. The highest BCUT2D eigenvalue weighted by molar-refractivity contribution is 9.13. The fraction of sp³-hybridized carbons (Fsp3) is 0.600. The highest BCUT2D eigenvalue weighted by atomic mass is 79.9. The molecule has 0 radical (unpaired) electrons. The van der Waals surface area contributed by atoms with E-state index in [1.54, 1.807) is 12.1 Å². The second-order valence-electron chi connectivity index (χ2n) is 6.26. The van der Waals surface area contributed by atoms with Gasteiger partial charge in [0.25, 0.3) is 0 Å².